The van der Waals surface area contributed by atoms with Crippen LogP contribution in [0.1, 0.15) is 61.2 Å². The molecule has 0 aliphatic carbocycles. The summed E-state index contributed by atoms with van der Waals surface area (Å²) in [5.74, 6) is 2.17. The minimum Gasteiger partial charge on any atom is -0.493 e. The molecule has 0 fully saturated rings. The number of amides is 1. The number of carbonyl (C=O) groups is 1. The summed E-state index contributed by atoms with van der Waals surface area (Å²) < 4.78 is 13.8. The quantitative estimate of drug-likeness (QED) is 0.485. The predicted molar refractivity (Wildman–Crippen MR) is 133 cm³/mol. The first-order chi connectivity index (χ1) is 15.5. The second-order valence-corrected chi connectivity index (χ2v) is 11.1. The third-order valence-electron chi connectivity index (χ3n) is 6.05. The van der Waals surface area contributed by atoms with E-state index in [0.29, 0.717) is 11.4 Å². The topological polar surface area (TPSA) is 56.6 Å². The molecule has 0 spiro atoms. The zero-order valence-corrected chi connectivity index (χ0v) is 21.6. The second-order valence-electron chi connectivity index (χ2n) is 9.81. The molecular weight excluding hydrogens is 434 g/mol. The van der Waals surface area contributed by atoms with Crippen LogP contribution in [0.2, 0.25) is 0 Å². The Kier molecular flexibility index (Phi) is 6.03. The Morgan fingerprint density at radius 3 is 2.48 bits per heavy atom. The summed E-state index contributed by atoms with van der Waals surface area (Å²) in [6.07, 6.45) is 1.55. The Morgan fingerprint density at radius 1 is 1.18 bits per heavy atom. The fourth-order valence-corrected chi connectivity index (χ4v) is 4.90. The SMILES string of the molecule is COc1cc2c(cc1OC(C)C)-n1c(-c3ccc(C)s3)nc(C(=O)N(C)C(C)(C)C)c1CC2. The minimum atomic E-state index is -0.300. The molecule has 6 nitrogen and oxygen atoms in total. The number of nitrogens with zero attached hydrogens (tertiary/aromatic N) is 3. The van der Waals surface area contributed by atoms with E-state index in [1.165, 1.54) is 4.88 Å². The molecule has 176 valence electrons. The zero-order chi connectivity index (χ0) is 24.1. The van der Waals surface area contributed by atoms with Gasteiger partial charge >= 0.3 is 0 Å². The molecule has 0 unspecified atom stereocenters. The molecule has 0 atom stereocenters. The van der Waals surface area contributed by atoms with E-state index in [4.69, 9.17) is 14.5 Å². The number of aromatic nitrogens is 2. The number of carbonyl (C=O) groups excluding carboxylic acids is 1. The molecule has 0 bridgehead atoms. The van der Waals surface area contributed by atoms with E-state index in [9.17, 15) is 4.79 Å². The molecule has 3 aromatic rings. The van der Waals surface area contributed by atoms with Crippen LogP contribution in [0.5, 0.6) is 11.5 Å². The van der Waals surface area contributed by atoms with Gasteiger partial charge in [0.05, 0.1) is 29.5 Å². The number of thiophene rings is 1. The fourth-order valence-electron chi connectivity index (χ4n) is 4.06. The smallest absolute Gasteiger partial charge is 0.274 e. The Bertz CT molecular complexity index is 1200. The van der Waals surface area contributed by atoms with Crippen LogP contribution in [-0.2, 0) is 12.8 Å². The van der Waals surface area contributed by atoms with Crippen LogP contribution >= 0.6 is 11.3 Å². The van der Waals surface area contributed by atoms with Crippen LogP contribution in [0.25, 0.3) is 16.4 Å². The van der Waals surface area contributed by atoms with Gasteiger partial charge < -0.3 is 14.4 Å². The lowest BCUT2D eigenvalue weighted by molar-refractivity contribution is 0.0649. The van der Waals surface area contributed by atoms with Gasteiger partial charge in [-0.1, -0.05) is 0 Å². The van der Waals surface area contributed by atoms with E-state index in [2.05, 4.69) is 29.7 Å². The van der Waals surface area contributed by atoms with Gasteiger partial charge in [-0.05, 0) is 78.1 Å². The Balaban J connectivity index is 1.95. The highest BCUT2D eigenvalue weighted by molar-refractivity contribution is 7.15. The first kappa shape index (κ1) is 23.4. The molecule has 3 heterocycles. The van der Waals surface area contributed by atoms with E-state index >= 15 is 0 Å². The third kappa shape index (κ3) is 4.26. The lowest BCUT2D eigenvalue weighted by Gasteiger charge is -2.32. The molecule has 0 saturated heterocycles. The zero-order valence-electron chi connectivity index (χ0n) is 20.8. The van der Waals surface area contributed by atoms with Crippen molar-refractivity contribution in [2.75, 3.05) is 14.2 Å². The number of benzene rings is 1. The molecule has 0 radical (unpaired) electrons. The van der Waals surface area contributed by atoms with Crippen LogP contribution in [0.15, 0.2) is 24.3 Å². The van der Waals surface area contributed by atoms with Crippen LogP contribution in [0.3, 0.4) is 0 Å². The Morgan fingerprint density at radius 2 is 1.91 bits per heavy atom. The van der Waals surface area contributed by atoms with Crippen LogP contribution < -0.4 is 9.47 Å². The highest BCUT2D eigenvalue weighted by atomic mass is 32.1. The van der Waals surface area contributed by atoms with E-state index in [-0.39, 0.29) is 17.6 Å². The van der Waals surface area contributed by atoms with Gasteiger partial charge in [-0.3, -0.25) is 9.36 Å². The maximum atomic E-state index is 13.5. The molecule has 1 amide bonds. The van der Waals surface area contributed by atoms with Gasteiger partial charge in [0.15, 0.2) is 23.0 Å². The maximum absolute atomic E-state index is 13.5. The van der Waals surface area contributed by atoms with Crippen molar-refractivity contribution in [2.24, 2.45) is 0 Å². The van der Waals surface area contributed by atoms with Gasteiger partial charge in [-0.2, -0.15) is 0 Å². The first-order valence-corrected chi connectivity index (χ1v) is 12.2. The van der Waals surface area contributed by atoms with Crippen molar-refractivity contribution >= 4 is 17.2 Å². The van der Waals surface area contributed by atoms with Crippen molar-refractivity contribution in [3.05, 3.63) is 46.1 Å². The largest absolute Gasteiger partial charge is 0.493 e. The van der Waals surface area contributed by atoms with Crippen LogP contribution in [0, 0.1) is 6.92 Å². The highest BCUT2D eigenvalue weighted by Gasteiger charge is 2.33. The van der Waals surface area contributed by atoms with Crippen molar-refractivity contribution in [2.45, 2.75) is 66.0 Å². The maximum Gasteiger partial charge on any atom is 0.274 e. The van der Waals surface area contributed by atoms with E-state index in [1.54, 1.807) is 23.3 Å². The van der Waals surface area contributed by atoms with Gasteiger partial charge in [-0.25, -0.2) is 4.98 Å². The van der Waals surface area contributed by atoms with E-state index < -0.39 is 0 Å². The molecule has 1 aromatic carbocycles. The van der Waals surface area contributed by atoms with Crippen molar-refractivity contribution in [3.8, 4) is 27.9 Å². The average Bonchev–Trinajstić information content (AvgIpc) is 3.34. The minimum absolute atomic E-state index is 0.0137. The van der Waals surface area contributed by atoms with Crippen LogP contribution in [-0.4, -0.2) is 46.2 Å². The molecule has 4 rings (SSSR count). The molecule has 0 N–H and O–H groups in total. The molecule has 33 heavy (non-hydrogen) atoms. The van der Waals surface area contributed by atoms with Gasteiger partial charge in [0.2, 0.25) is 0 Å². The van der Waals surface area contributed by atoms with Gasteiger partial charge in [-0.15, -0.1) is 11.3 Å². The third-order valence-corrected chi connectivity index (χ3v) is 7.04. The lowest BCUT2D eigenvalue weighted by Crippen LogP contribution is -2.43. The molecular formula is C26H33N3O3S. The summed E-state index contributed by atoms with van der Waals surface area (Å²) in [5, 5.41) is 0. The second kappa shape index (κ2) is 8.52. The normalized spacial score (nSPS) is 13.0. The summed E-state index contributed by atoms with van der Waals surface area (Å²) in [5.41, 5.74) is 3.33. The molecule has 7 heteroatoms. The molecule has 2 aromatic heterocycles. The standard InChI is InChI=1S/C26H33N3O3S/c1-15(2)32-21-14-19-17(13-20(21)31-8)10-11-18-23(25(30)28(7)26(4,5)6)27-24(29(18)19)22-12-9-16(3)33-22/h9,12-15H,10-11H2,1-8H3. The summed E-state index contributed by atoms with van der Waals surface area (Å²) in [7, 11) is 3.51. The molecule has 1 aliphatic heterocycles. The lowest BCUT2D eigenvalue weighted by atomic mass is 9.98. The number of fused-ring (bicyclic) bond motifs is 3. The summed E-state index contributed by atoms with van der Waals surface area (Å²) in [4.78, 5) is 22.5. The van der Waals surface area contributed by atoms with Crippen molar-refractivity contribution in [1.29, 1.82) is 0 Å². The highest BCUT2D eigenvalue weighted by Crippen LogP contribution is 2.41. The summed E-state index contributed by atoms with van der Waals surface area (Å²) >= 11 is 1.69. The average molecular weight is 468 g/mol. The summed E-state index contributed by atoms with van der Waals surface area (Å²) in [6, 6.07) is 8.27. The van der Waals surface area contributed by atoms with Gasteiger partial charge in [0.1, 0.15) is 0 Å². The summed E-state index contributed by atoms with van der Waals surface area (Å²) in [6.45, 7) is 12.2. The van der Waals surface area contributed by atoms with Gasteiger partial charge in [0, 0.05) is 23.5 Å². The van der Waals surface area contributed by atoms with Crippen LogP contribution in [0.4, 0.5) is 0 Å². The number of aryl methyl sites for hydroxylation is 2. The Hall–Kier alpha value is -2.80. The van der Waals surface area contributed by atoms with Crippen molar-refractivity contribution in [3.63, 3.8) is 0 Å². The fraction of sp³-hybridized carbons (Fsp3) is 0.462. The number of hydrogen-bond donors (Lipinski definition) is 0. The monoisotopic (exact) mass is 467 g/mol. The first-order valence-electron chi connectivity index (χ1n) is 11.4. The predicted octanol–water partition coefficient (Wildman–Crippen LogP) is 5.67. The Labute approximate surface area is 200 Å². The van der Waals surface area contributed by atoms with E-state index in [1.807, 2.05) is 47.7 Å². The van der Waals surface area contributed by atoms with Crippen molar-refractivity contribution in [1.82, 2.24) is 14.5 Å². The molecule has 1 aliphatic rings. The van der Waals surface area contributed by atoms with Crippen molar-refractivity contribution < 1.29 is 14.3 Å². The van der Waals surface area contributed by atoms with Gasteiger partial charge in [0.25, 0.3) is 5.91 Å². The number of ether oxygens (including phenoxy) is 2. The number of imidazole rings is 1. The number of hydrogen-bond acceptors (Lipinski definition) is 5. The molecule has 0 saturated carbocycles. The number of methoxy groups -OCH3 is 1. The number of rotatable bonds is 5. The van der Waals surface area contributed by atoms with E-state index in [0.717, 1.165) is 46.2 Å².